The molecule has 0 radical (unpaired) electrons. The Bertz CT molecular complexity index is 3500. The van der Waals surface area contributed by atoms with Crippen LogP contribution in [0.15, 0.2) is 219 Å². The highest BCUT2D eigenvalue weighted by Crippen LogP contribution is 2.57. The van der Waals surface area contributed by atoms with Gasteiger partial charge in [-0.1, -0.05) is 176 Å². The third kappa shape index (κ3) is 4.50. The molecule has 9 aromatic carbocycles. The van der Waals surface area contributed by atoms with E-state index in [1.165, 1.54) is 99.3 Å². The lowest BCUT2D eigenvalue weighted by Gasteiger charge is -2.34. The van der Waals surface area contributed by atoms with Crippen LogP contribution in [0.1, 0.15) is 22.3 Å². The Hall–Kier alpha value is -7.81. The molecule has 11 aromatic rings. The molecule has 0 saturated heterocycles. The van der Waals surface area contributed by atoms with Crippen LogP contribution in [0, 0.1) is 0 Å². The average Bonchev–Trinajstić information content (AvgIpc) is 3.95. The van der Waals surface area contributed by atoms with Gasteiger partial charge >= 0.3 is 0 Å². The van der Waals surface area contributed by atoms with Gasteiger partial charge in [0.1, 0.15) is 0 Å². The Labute approximate surface area is 348 Å². The Morgan fingerprint density at radius 2 is 1.02 bits per heavy atom. The fourth-order valence-corrected chi connectivity index (χ4v) is 10.8. The molecule has 278 valence electrons. The highest BCUT2D eigenvalue weighted by Gasteiger charge is 2.46. The van der Waals surface area contributed by atoms with Gasteiger partial charge in [-0.15, -0.1) is 0 Å². The maximum absolute atomic E-state index is 5.15. The number of nitrogens with zero attached hydrogens (tertiary/aromatic N) is 2. The Kier molecular flexibility index (Phi) is 6.97. The van der Waals surface area contributed by atoms with E-state index in [2.05, 4.69) is 217 Å². The Balaban J connectivity index is 0.983. The molecule has 0 atom stereocenters. The van der Waals surface area contributed by atoms with E-state index < -0.39 is 5.41 Å². The van der Waals surface area contributed by atoms with E-state index in [4.69, 9.17) is 4.98 Å². The molecule has 60 heavy (non-hydrogen) atoms. The van der Waals surface area contributed by atoms with Crippen LogP contribution < -0.4 is 0 Å². The van der Waals surface area contributed by atoms with E-state index in [0.29, 0.717) is 0 Å². The van der Waals surface area contributed by atoms with Gasteiger partial charge in [0.2, 0.25) is 0 Å². The first-order valence-corrected chi connectivity index (χ1v) is 20.8. The minimum Gasteiger partial charge on any atom is -0.309 e. The molecule has 2 nitrogen and oxygen atoms in total. The zero-order valence-electron chi connectivity index (χ0n) is 32.7. The van der Waals surface area contributed by atoms with Crippen molar-refractivity contribution in [1.29, 1.82) is 0 Å². The van der Waals surface area contributed by atoms with Gasteiger partial charge in [0.05, 0.1) is 22.1 Å². The van der Waals surface area contributed by atoms with Gasteiger partial charge in [-0.3, -0.25) is 4.98 Å². The van der Waals surface area contributed by atoms with E-state index in [9.17, 15) is 0 Å². The lowest BCUT2D eigenvalue weighted by molar-refractivity contribution is 0.769. The minimum atomic E-state index is -0.446. The van der Waals surface area contributed by atoms with Gasteiger partial charge in [0.15, 0.2) is 0 Å². The van der Waals surface area contributed by atoms with Gasteiger partial charge < -0.3 is 4.57 Å². The molecule has 0 fully saturated rings. The van der Waals surface area contributed by atoms with Crippen LogP contribution in [0.25, 0.3) is 94.0 Å². The lowest BCUT2D eigenvalue weighted by atomic mass is 9.67. The summed E-state index contributed by atoms with van der Waals surface area (Å²) < 4.78 is 2.42. The summed E-state index contributed by atoms with van der Waals surface area (Å²) in [7, 11) is 0. The number of para-hydroxylation sites is 1. The number of fused-ring (bicyclic) bond motifs is 9. The number of rotatable bonds is 5. The van der Waals surface area contributed by atoms with Crippen LogP contribution >= 0.6 is 0 Å². The van der Waals surface area contributed by atoms with Crippen molar-refractivity contribution < 1.29 is 0 Å². The van der Waals surface area contributed by atoms with Crippen molar-refractivity contribution in [3.05, 3.63) is 241 Å². The summed E-state index contributed by atoms with van der Waals surface area (Å²) in [6, 6.07) is 78.3. The molecule has 2 aliphatic rings. The molecule has 2 heteroatoms. The fourth-order valence-electron chi connectivity index (χ4n) is 10.8. The van der Waals surface area contributed by atoms with E-state index in [1.54, 1.807) is 0 Å². The number of pyridine rings is 1. The van der Waals surface area contributed by atoms with Crippen molar-refractivity contribution in [2.75, 3.05) is 0 Å². The molecule has 13 rings (SSSR count). The second-order valence-electron chi connectivity index (χ2n) is 16.2. The average molecular weight is 761 g/mol. The molecule has 0 aliphatic heterocycles. The smallest absolute Gasteiger partial charge is 0.0787 e. The molecule has 0 bridgehead atoms. The molecule has 2 aliphatic carbocycles. The van der Waals surface area contributed by atoms with Crippen molar-refractivity contribution in [2.24, 2.45) is 0 Å². The second kappa shape index (κ2) is 12.6. The highest BCUT2D eigenvalue weighted by atomic mass is 15.0. The molecule has 2 aromatic heterocycles. The van der Waals surface area contributed by atoms with Gasteiger partial charge in [0.25, 0.3) is 0 Å². The third-order valence-electron chi connectivity index (χ3n) is 13.2. The number of benzene rings is 9. The van der Waals surface area contributed by atoms with Crippen LogP contribution in [0.5, 0.6) is 0 Å². The van der Waals surface area contributed by atoms with Gasteiger partial charge in [0, 0.05) is 44.6 Å². The van der Waals surface area contributed by atoms with Crippen molar-refractivity contribution in [3.8, 4) is 61.5 Å². The Morgan fingerprint density at radius 1 is 0.383 bits per heavy atom. The van der Waals surface area contributed by atoms with Crippen molar-refractivity contribution in [3.63, 3.8) is 0 Å². The number of hydrogen-bond acceptors (Lipinski definition) is 1. The molecule has 2 heterocycles. The number of aromatic nitrogens is 2. The van der Waals surface area contributed by atoms with Crippen LogP contribution in [0.4, 0.5) is 0 Å². The summed E-state index contributed by atoms with van der Waals surface area (Å²) in [6.45, 7) is 0. The Morgan fingerprint density at radius 3 is 1.85 bits per heavy atom. The van der Waals surface area contributed by atoms with Crippen LogP contribution in [0.2, 0.25) is 0 Å². The van der Waals surface area contributed by atoms with E-state index in [-0.39, 0.29) is 0 Å². The topological polar surface area (TPSA) is 17.8 Å². The van der Waals surface area contributed by atoms with E-state index >= 15 is 0 Å². The largest absolute Gasteiger partial charge is 0.309 e. The van der Waals surface area contributed by atoms with Crippen molar-refractivity contribution in [2.45, 2.75) is 5.41 Å². The standard InChI is InChI=1S/C58H36N2/c1-3-17-41(18-4-1)58(42-19-5-2-6-20-42)51-27-11-9-23-45(51)46-31-29-38(35-52(46)58)37-30-32-54-50(34-37)47-24-10-12-28-53(47)60(54)43-21-13-15-39(33-43)57-56-49-25-8-7-22-44(49)48-26-14-16-40(36-59-57)55(48)56/h1-36H. The van der Waals surface area contributed by atoms with Gasteiger partial charge in [-0.05, 0) is 97.6 Å². The maximum Gasteiger partial charge on any atom is 0.0787 e. The molecular weight excluding hydrogens is 725 g/mol. The zero-order chi connectivity index (χ0) is 39.4. The first kappa shape index (κ1) is 33.2. The van der Waals surface area contributed by atoms with Crippen molar-refractivity contribution >= 4 is 32.6 Å². The summed E-state index contributed by atoms with van der Waals surface area (Å²) in [5, 5.41) is 4.93. The summed E-state index contributed by atoms with van der Waals surface area (Å²) in [4.78, 5) is 5.15. The van der Waals surface area contributed by atoms with Crippen LogP contribution in [0.3, 0.4) is 0 Å². The van der Waals surface area contributed by atoms with E-state index in [0.717, 1.165) is 16.9 Å². The molecule has 0 saturated carbocycles. The summed E-state index contributed by atoms with van der Waals surface area (Å²) in [6.07, 6.45) is 2.04. The normalized spacial score (nSPS) is 13.1. The number of hydrogen-bond donors (Lipinski definition) is 0. The molecule has 0 unspecified atom stereocenters. The monoisotopic (exact) mass is 760 g/mol. The van der Waals surface area contributed by atoms with Gasteiger partial charge in [-0.25, -0.2) is 0 Å². The van der Waals surface area contributed by atoms with Crippen LogP contribution in [-0.2, 0) is 5.41 Å². The summed E-state index contributed by atoms with van der Waals surface area (Å²) in [5.41, 5.74) is 20.4. The van der Waals surface area contributed by atoms with Gasteiger partial charge in [-0.2, -0.15) is 0 Å². The summed E-state index contributed by atoms with van der Waals surface area (Å²) >= 11 is 0. The first-order chi connectivity index (χ1) is 29.8. The predicted molar refractivity (Wildman–Crippen MR) is 249 cm³/mol. The van der Waals surface area contributed by atoms with Crippen LogP contribution in [-0.4, -0.2) is 9.55 Å². The fraction of sp³-hybridized carbons (Fsp3) is 0.0172. The predicted octanol–water partition coefficient (Wildman–Crippen LogP) is 14.7. The highest BCUT2D eigenvalue weighted by molar-refractivity contribution is 6.18. The summed E-state index contributed by atoms with van der Waals surface area (Å²) in [5.74, 6) is 0. The van der Waals surface area contributed by atoms with Crippen molar-refractivity contribution in [1.82, 2.24) is 9.55 Å². The zero-order valence-corrected chi connectivity index (χ0v) is 32.7. The quantitative estimate of drug-likeness (QED) is 0.171. The first-order valence-electron chi connectivity index (χ1n) is 20.8. The van der Waals surface area contributed by atoms with E-state index in [1.807, 2.05) is 6.20 Å². The maximum atomic E-state index is 5.15. The molecule has 0 amide bonds. The molecule has 0 N–H and O–H groups in total. The molecular formula is C58H36N2. The molecule has 0 spiro atoms. The lowest BCUT2D eigenvalue weighted by Crippen LogP contribution is -2.28. The SMILES string of the molecule is c1ccc(C2(c3ccccc3)c3ccccc3-c3ccc(-c4ccc5c(c4)c4ccccc4n5-c4cccc(-c5ncc6cccc7c6c5-c5ccccc5-7)c4)cc32)cc1. The minimum absolute atomic E-state index is 0.446. The third-order valence-corrected chi connectivity index (χ3v) is 13.2. The second-order valence-corrected chi connectivity index (χ2v) is 16.2.